The van der Waals surface area contributed by atoms with Gasteiger partial charge < -0.3 is 5.73 Å². The van der Waals surface area contributed by atoms with E-state index in [0.29, 0.717) is 18.0 Å². The van der Waals surface area contributed by atoms with Gasteiger partial charge >= 0.3 is 0 Å². The molecule has 1 heterocycles. The molecular weight excluding hydrogens is 550 g/mol. The molecule has 0 spiro atoms. The number of rotatable bonds is 13. The van der Waals surface area contributed by atoms with Crippen LogP contribution in [0.1, 0.15) is 88.8 Å². The van der Waals surface area contributed by atoms with E-state index in [4.69, 9.17) is 9.97 Å². The van der Waals surface area contributed by atoms with Crippen molar-refractivity contribution in [3.05, 3.63) is 127 Å². The summed E-state index contributed by atoms with van der Waals surface area (Å²) in [4.78, 5) is 22.7. The molecule has 238 valence electrons. The predicted molar refractivity (Wildman–Crippen MR) is 191 cm³/mol. The summed E-state index contributed by atoms with van der Waals surface area (Å²) in [5.74, 6) is 1.89. The molecule has 1 aliphatic rings. The van der Waals surface area contributed by atoms with Crippen molar-refractivity contribution < 1.29 is 4.79 Å². The van der Waals surface area contributed by atoms with Crippen LogP contribution in [0.4, 0.5) is 0 Å². The minimum atomic E-state index is -0.0126. The van der Waals surface area contributed by atoms with Gasteiger partial charge in [-0.2, -0.15) is 0 Å². The zero-order valence-corrected chi connectivity index (χ0v) is 27.8. The van der Waals surface area contributed by atoms with Gasteiger partial charge in [-0.15, -0.1) is 0 Å². The van der Waals surface area contributed by atoms with Crippen LogP contribution >= 0.6 is 0 Å². The number of carbonyl (C=O) groups is 1. The van der Waals surface area contributed by atoms with Gasteiger partial charge in [-0.25, -0.2) is 9.97 Å². The lowest BCUT2D eigenvalue weighted by Crippen LogP contribution is -2.23. The Bertz CT molecular complexity index is 1370. The van der Waals surface area contributed by atoms with Gasteiger partial charge in [-0.1, -0.05) is 145 Å². The molecule has 2 N–H and O–H groups in total. The second kappa shape index (κ2) is 18.7. The van der Waals surface area contributed by atoms with E-state index in [1.165, 1.54) is 49.4 Å². The highest BCUT2D eigenvalue weighted by Crippen LogP contribution is 2.28. The van der Waals surface area contributed by atoms with E-state index < -0.39 is 0 Å². The Kier molecular flexibility index (Phi) is 14.7. The van der Waals surface area contributed by atoms with Crippen molar-refractivity contribution in [3.63, 3.8) is 0 Å². The normalized spacial score (nSPS) is 14.8. The van der Waals surface area contributed by atoms with Crippen molar-refractivity contribution in [1.82, 2.24) is 9.97 Å². The number of Topliss-reactive ketones (excluding diaryl/α,β-unsaturated/α-hetero) is 1. The molecule has 4 nitrogen and oxygen atoms in total. The number of hydrogen-bond acceptors (Lipinski definition) is 4. The molecule has 3 aromatic rings. The maximum atomic E-state index is 13.3. The molecule has 4 rings (SSSR count). The number of nitrogens with zero attached hydrogens (tertiary/aromatic N) is 2. The van der Waals surface area contributed by atoms with Crippen LogP contribution in [0.5, 0.6) is 0 Å². The third-order valence-electron chi connectivity index (χ3n) is 8.25. The lowest BCUT2D eigenvalue weighted by Gasteiger charge is -2.22. The Morgan fingerprint density at radius 2 is 1.60 bits per heavy atom. The Balaban J connectivity index is 0.00000177. The average Bonchev–Trinajstić information content (AvgIpc) is 3.03. The van der Waals surface area contributed by atoms with E-state index >= 15 is 0 Å². The first-order valence-corrected chi connectivity index (χ1v) is 16.5. The number of nitrogens with two attached hydrogens (primary N) is 1. The zero-order chi connectivity index (χ0) is 32.5. The van der Waals surface area contributed by atoms with Crippen LogP contribution in [0.2, 0.25) is 0 Å². The molecule has 1 fully saturated rings. The summed E-state index contributed by atoms with van der Waals surface area (Å²) in [6.07, 6.45) is 24.5. The molecule has 1 unspecified atom stereocenters. The Hall–Kier alpha value is -4.05. The second-order valence-corrected chi connectivity index (χ2v) is 13.4. The van der Waals surface area contributed by atoms with E-state index in [9.17, 15) is 4.79 Å². The van der Waals surface area contributed by atoms with Crippen molar-refractivity contribution in [2.75, 3.05) is 0 Å². The fraction of sp³-hybridized carbons (Fsp3) is 0.390. The number of carbonyl (C=O) groups excluding carboxylic acids is 1. The summed E-state index contributed by atoms with van der Waals surface area (Å²) in [6, 6.07) is 18.9. The standard InChI is InChI=1S/C39H48N2O.C2H5N/c1-5-13-33(19-12-18-30-14-8-6-9-15-30)36-28-40-38(41-29-36)34-23-21-32(22-24-34)26-35(37(42)27-39(2,3)4)25-20-31-16-10-7-11-17-31;1-2-3/h5,7,10-13,16-17,19,21-24,28-30,35H,1,6,8-9,14-15,18,20,25-27H2,2-4H3;2H,1,3H2/b19-12-,33-13+;. The van der Waals surface area contributed by atoms with Crippen LogP contribution in [-0.2, 0) is 17.6 Å². The van der Waals surface area contributed by atoms with E-state index in [1.54, 1.807) is 0 Å². The van der Waals surface area contributed by atoms with Crippen LogP contribution in [0, 0.1) is 17.3 Å². The first-order valence-electron chi connectivity index (χ1n) is 16.5. The van der Waals surface area contributed by atoms with Crippen LogP contribution < -0.4 is 5.73 Å². The number of ketones is 1. The fourth-order valence-corrected chi connectivity index (χ4v) is 5.92. The molecule has 45 heavy (non-hydrogen) atoms. The molecule has 1 aliphatic carbocycles. The van der Waals surface area contributed by atoms with Gasteiger partial charge in [0.1, 0.15) is 5.78 Å². The van der Waals surface area contributed by atoms with Crippen molar-refractivity contribution in [1.29, 1.82) is 0 Å². The summed E-state index contributed by atoms with van der Waals surface area (Å²) in [5, 5.41) is 0. The van der Waals surface area contributed by atoms with E-state index in [2.05, 4.69) is 100 Å². The molecular formula is C41H53N3O. The molecule has 1 saturated carbocycles. The summed E-state index contributed by atoms with van der Waals surface area (Å²) in [7, 11) is 0. The number of allylic oxidation sites excluding steroid dienone is 5. The van der Waals surface area contributed by atoms with Gasteiger partial charge in [-0.3, -0.25) is 4.79 Å². The Morgan fingerprint density at radius 3 is 2.20 bits per heavy atom. The van der Waals surface area contributed by atoms with Gasteiger partial charge in [0.05, 0.1) is 0 Å². The fourth-order valence-electron chi connectivity index (χ4n) is 5.92. The Morgan fingerprint density at radius 1 is 0.956 bits per heavy atom. The number of aryl methyl sites for hydroxylation is 1. The summed E-state index contributed by atoms with van der Waals surface area (Å²) in [5.41, 5.74) is 10.1. The highest BCUT2D eigenvalue weighted by molar-refractivity contribution is 5.82. The first-order chi connectivity index (χ1) is 21.7. The van der Waals surface area contributed by atoms with Crippen LogP contribution in [0.15, 0.2) is 111 Å². The summed E-state index contributed by atoms with van der Waals surface area (Å²) in [6.45, 7) is 13.5. The third kappa shape index (κ3) is 12.8. The second-order valence-electron chi connectivity index (χ2n) is 13.4. The van der Waals surface area contributed by atoms with Gasteiger partial charge in [0.2, 0.25) is 0 Å². The molecule has 0 saturated heterocycles. The number of hydrogen-bond donors (Lipinski definition) is 1. The maximum Gasteiger partial charge on any atom is 0.159 e. The molecule has 0 bridgehead atoms. The molecule has 4 heteroatoms. The number of benzene rings is 2. The molecule has 1 aromatic heterocycles. The zero-order valence-electron chi connectivity index (χ0n) is 27.8. The average molecular weight is 604 g/mol. The monoisotopic (exact) mass is 603 g/mol. The number of aromatic nitrogens is 2. The third-order valence-corrected chi connectivity index (χ3v) is 8.25. The smallest absolute Gasteiger partial charge is 0.159 e. The van der Waals surface area contributed by atoms with E-state index in [1.807, 2.05) is 30.6 Å². The lowest BCUT2D eigenvalue weighted by molar-refractivity contribution is -0.124. The predicted octanol–water partition coefficient (Wildman–Crippen LogP) is 10.1. The van der Waals surface area contributed by atoms with E-state index in [-0.39, 0.29) is 11.3 Å². The maximum absolute atomic E-state index is 13.3. The molecule has 2 aromatic carbocycles. The van der Waals surface area contributed by atoms with Crippen LogP contribution in [0.3, 0.4) is 0 Å². The van der Waals surface area contributed by atoms with Crippen LogP contribution in [0.25, 0.3) is 17.0 Å². The molecule has 1 atom stereocenters. The largest absolute Gasteiger partial charge is 0.405 e. The van der Waals surface area contributed by atoms with Gasteiger partial charge in [0.25, 0.3) is 0 Å². The minimum absolute atomic E-state index is 0.00653. The lowest BCUT2D eigenvalue weighted by atomic mass is 9.81. The van der Waals surface area contributed by atoms with Crippen molar-refractivity contribution >= 4 is 11.4 Å². The summed E-state index contributed by atoms with van der Waals surface area (Å²) >= 11 is 0. The van der Waals surface area contributed by atoms with Gasteiger partial charge in [0, 0.05) is 35.9 Å². The first kappa shape index (κ1) is 35.4. The molecule has 0 amide bonds. The topological polar surface area (TPSA) is 68.9 Å². The highest BCUT2D eigenvalue weighted by Gasteiger charge is 2.24. The van der Waals surface area contributed by atoms with Gasteiger partial charge in [-0.05, 0) is 59.9 Å². The van der Waals surface area contributed by atoms with Crippen molar-refractivity contribution in [2.24, 2.45) is 23.0 Å². The minimum Gasteiger partial charge on any atom is -0.405 e. The highest BCUT2D eigenvalue weighted by atomic mass is 16.1. The molecule has 0 radical (unpaired) electrons. The quantitative estimate of drug-likeness (QED) is 0.197. The van der Waals surface area contributed by atoms with Crippen LogP contribution in [-0.4, -0.2) is 15.8 Å². The van der Waals surface area contributed by atoms with Crippen molar-refractivity contribution in [3.8, 4) is 11.4 Å². The Labute approximate surface area is 272 Å². The van der Waals surface area contributed by atoms with Gasteiger partial charge in [0.15, 0.2) is 5.82 Å². The van der Waals surface area contributed by atoms with Crippen molar-refractivity contribution in [2.45, 2.75) is 85.0 Å². The van der Waals surface area contributed by atoms with E-state index in [0.717, 1.165) is 48.3 Å². The summed E-state index contributed by atoms with van der Waals surface area (Å²) < 4.78 is 0. The molecule has 0 aliphatic heterocycles. The SMILES string of the molecule is C=C/C=C(\C=C/CC1CCCCC1)c1cnc(-c2ccc(CC(CCc3ccccc3)C(=O)CC(C)(C)C)cc2)nc1.C=CN.